The van der Waals surface area contributed by atoms with E-state index in [9.17, 15) is 13.2 Å². The largest absolute Gasteiger partial charge is 0.411 e. The van der Waals surface area contributed by atoms with Gasteiger partial charge in [0.2, 0.25) is 0 Å². The Balaban J connectivity index is 1.92. The molecule has 0 heterocycles. The highest BCUT2D eigenvalue weighted by Crippen LogP contribution is 2.47. The van der Waals surface area contributed by atoms with E-state index in [0.717, 1.165) is 25.8 Å². The maximum atomic E-state index is 11.7. The minimum Gasteiger partial charge on any atom is -0.396 e. The van der Waals surface area contributed by atoms with E-state index in [1.165, 1.54) is 0 Å². The molecule has 2 N–H and O–H groups in total. The fraction of sp³-hybridized carbons (Fsp3) is 1.00. The van der Waals surface area contributed by atoms with Crippen molar-refractivity contribution < 1.29 is 23.0 Å². The summed E-state index contributed by atoms with van der Waals surface area (Å²) in [5.41, 5.74) is 0.193. The highest BCUT2D eigenvalue weighted by molar-refractivity contribution is 4.94. The summed E-state index contributed by atoms with van der Waals surface area (Å²) in [6, 6.07) is 0. The van der Waals surface area contributed by atoms with Crippen LogP contribution in [0.15, 0.2) is 0 Å². The number of ether oxygens (including phenoxy) is 1. The molecule has 1 rings (SSSR count). The van der Waals surface area contributed by atoms with Gasteiger partial charge in [0, 0.05) is 19.7 Å². The van der Waals surface area contributed by atoms with Gasteiger partial charge in [-0.25, -0.2) is 0 Å². The zero-order valence-electron chi connectivity index (χ0n) is 9.15. The predicted molar refractivity (Wildman–Crippen MR) is 53.1 cm³/mol. The van der Waals surface area contributed by atoms with Crippen LogP contribution in [0.5, 0.6) is 0 Å². The Morgan fingerprint density at radius 3 is 2.50 bits per heavy atom. The van der Waals surface area contributed by atoms with Crippen LogP contribution in [0.4, 0.5) is 13.2 Å². The highest BCUT2D eigenvalue weighted by atomic mass is 19.4. The Hall–Kier alpha value is -0.330. The van der Waals surface area contributed by atoms with E-state index >= 15 is 0 Å². The fourth-order valence-corrected chi connectivity index (χ4v) is 1.61. The first-order valence-electron chi connectivity index (χ1n) is 5.44. The Kier molecular flexibility index (Phi) is 5.01. The van der Waals surface area contributed by atoms with Crippen LogP contribution in [0.1, 0.15) is 19.3 Å². The van der Waals surface area contributed by atoms with Crippen LogP contribution in [0, 0.1) is 5.41 Å². The maximum Gasteiger partial charge on any atom is 0.411 e. The first-order valence-corrected chi connectivity index (χ1v) is 5.44. The molecule has 1 fully saturated rings. The smallest absolute Gasteiger partial charge is 0.396 e. The molecule has 1 aliphatic rings. The van der Waals surface area contributed by atoms with Crippen molar-refractivity contribution in [3.05, 3.63) is 0 Å². The Morgan fingerprint density at radius 2 is 2.00 bits per heavy atom. The lowest BCUT2D eigenvalue weighted by molar-refractivity contribution is -0.173. The summed E-state index contributed by atoms with van der Waals surface area (Å²) in [5.74, 6) is 0. The molecule has 0 spiro atoms. The average molecular weight is 241 g/mol. The molecule has 0 saturated heterocycles. The molecule has 0 radical (unpaired) electrons. The second-order valence-electron chi connectivity index (χ2n) is 4.32. The van der Waals surface area contributed by atoms with Gasteiger partial charge in [-0.3, -0.25) is 0 Å². The van der Waals surface area contributed by atoms with Crippen LogP contribution in [0.2, 0.25) is 0 Å². The van der Waals surface area contributed by atoms with E-state index in [2.05, 4.69) is 10.1 Å². The molecule has 1 aliphatic carbocycles. The van der Waals surface area contributed by atoms with Crippen molar-refractivity contribution in [2.45, 2.75) is 25.4 Å². The van der Waals surface area contributed by atoms with Gasteiger partial charge in [0.05, 0.1) is 6.61 Å². The summed E-state index contributed by atoms with van der Waals surface area (Å²) in [6.45, 7) is 0.226. The monoisotopic (exact) mass is 241 g/mol. The van der Waals surface area contributed by atoms with Gasteiger partial charge in [0.25, 0.3) is 0 Å². The van der Waals surface area contributed by atoms with E-state index in [-0.39, 0.29) is 18.6 Å². The SMILES string of the molecule is OCCC1(CNCCOCC(F)(F)F)CC1. The van der Waals surface area contributed by atoms with Gasteiger partial charge in [0.1, 0.15) is 6.61 Å². The Bertz CT molecular complexity index is 205. The minimum absolute atomic E-state index is 0.0642. The van der Waals surface area contributed by atoms with Crippen LogP contribution in [0.3, 0.4) is 0 Å². The molecule has 0 aliphatic heterocycles. The van der Waals surface area contributed by atoms with Gasteiger partial charge in [-0.1, -0.05) is 0 Å². The second kappa shape index (κ2) is 5.84. The van der Waals surface area contributed by atoms with Crippen LogP contribution >= 0.6 is 0 Å². The fourth-order valence-electron chi connectivity index (χ4n) is 1.61. The number of aliphatic hydroxyl groups is 1. The quantitative estimate of drug-likeness (QED) is 0.630. The molecule has 6 heteroatoms. The number of halogens is 3. The van der Waals surface area contributed by atoms with Crippen molar-refractivity contribution in [3.8, 4) is 0 Å². The first kappa shape index (κ1) is 13.7. The van der Waals surface area contributed by atoms with Gasteiger partial charge in [-0.15, -0.1) is 0 Å². The van der Waals surface area contributed by atoms with Crippen LogP contribution in [-0.2, 0) is 4.74 Å². The molecular formula is C10H18F3NO2. The lowest BCUT2D eigenvalue weighted by Gasteiger charge is -2.14. The number of alkyl halides is 3. The van der Waals surface area contributed by atoms with Gasteiger partial charge < -0.3 is 15.2 Å². The standard InChI is InChI=1S/C10H18F3NO2/c11-10(12,13)8-16-6-4-14-7-9(1-2-9)3-5-15/h14-15H,1-8H2. The summed E-state index contributed by atoms with van der Waals surface area (Å²) in [4.78, 5) is 0. The van der Waals surface area contributed by atoms with Crippen molar-refractivity contribution in [1.82, 2.24) is 5.32 Å². The third-order valence-electron chi connectivity index (χ3n) is 2.79. The normalized spacial score (nSPS) is 18.8. The van der Waals surface area contributed by atoms with E-state index in [1.54, 1.807) is 0 Å². The number of nitrogens with one attached hydrogen (secondary N) is 1. The predicted octanol–water partition coefficient (Wildman–Crippen LogP) is 1.32. The lowest BCUT2D eigenvalue weighted by Crippen LogP contribution is -2.29. The summed E-state index contributed by atoms with van der Waals surface area (Å²) < 4.78 is 39.5. The van der Waals surface area contributed by atoms with Crippen LogP contribution in [-0.4, -0.2) is 44.2 Å². The summed E-state index contributed by atoms with van der Waals surface area (Å²) in [5, 5.41) is 11.9. The van der Waals surface area contributed by atoms with E-state index < -0.39 is 12.8 Å². The van der Waals surface area contributed by atoms with Crippen molar-refractivity contribution in [1.29, 1.82) is 0 Å². The average Bonchev–Trinajstić information content (AvgIpc) is 2.91. The molecule has 0 amide bonds. The van der Waals surface area contributed by atoms with Crippen molar-refractivity contribution >= 4 is 0 Å². The van der Waals surface area contributed by atoms with Crippen molar-refractivity contribution in [2.75, 3.05) is 32.9 Å². The van der Waals surface area contributed by atoms with Crippen molar-refractivity contribution in [2.24, 2.45) is 5.41 Å². The number of hydrogen-bond acceptors (Lipinski definition) is 3. The molecule has 0 unspecified atom stereocenters. The molecule has 0 aromatic heterocycles. The van der Waals surface area contributed by atoms with Gasteiger partial charge >= 0.3 is 6.18 Å². The topological polar surface area (TPSA) is 41.5 Å². The second-order valence-corrected chi connectivity index (χ2v) is 4.32. The molecule has 0 atom stereocenters. The minimum atomic E-state index is -4.24. The molecule has 0 bridgehead atoms. The number of rotatable bonds is 8. The first-order chi connectivity index (χ1) is 7.47. The van der Waals surface area contributed by atoms with E-state index in [0.29, 0.717) is 6.54 Å². The molecule has 96 valence electrons. The zero-order valence-corrected chi connectivity index (χ0v) is 9.15. The third-order valence-corrected chi connectivity index (χ3v) is 2.79. The van der Waals surface area contributed by atoms with Crippen LogP contribution in [0.25, 0.3) is 0 Å². The molecule has 16 heavy (non-hydrogen) atoms. The molecule has 0 aromatic rings. The molecular weight excluding hydrogens is 223 g/mol. The molecule has 3 nitrogen and oxygen atoms in total. The summed E-state index contributed by atoms with van der Waals surface area (Å²) in [7, 11) is 0. The maximum absolute atomic E-state index is 11.7. The lowest BCUT2D eigenvalue weighted by atomic mass is 10.0. The summed E-state index contributed by atoms with van der Waals surface area (Å²) in [6.07, 6.45) is -1.30. The van der Waals surface area contributed by atoms with Gasteiger partial charge in [-0.05, 0) is 24.7 Å². The van der Waals surface area contributed by atoms with E-state index in [1.807, 2.05) is 0 Å². The third kappa shape index (κ3) is 5.67. The molecule has 0 aromatic carbocycles. The van der Waals surface area contributed by atoms with Gasteiger partial charge in [0.15, 0.2) is 0 Å². The van der Waals surface area contributed by atoms with E-state index in [4.69, 9.17) is 5.11 Å². The summed E-state index contributed by atoms with van der Waals surface area (Å²) >= 11 is 0. The Labute approximate surface area is 93.0 Å². The van der Waals surface area contributed by atoms with Crippen molar-refractivity contribution in [3.63, 3.8) is 0 Å². The number of hydrogen-bond donors (Lipinski definition) is 2. The zero-order chi connectivity index (χ0) is 12.1. The molecule has 1 saturated carbocycles. The highest BCUT2D eigenvalue weighted by Gasteiger charge is 2.41. The van der Waals surface area contributed by atoms with Gasteiger partial charge in [-0.2, -0.15) is 13.2 Å². The number of aliphatic hydroxyl groups excluding tert-OH is 1. The van der Waals surface area contributed by atoms with Crippen LogP contribution < -0.4 is 5.32 Å². The Morgan fingerprint density at radius 1 is 1.31 bits per heavy atom.